The van der Waals surface area contributed by atoms with Crippen LogP contribution in [0.15, 0.2) is 54.6 Å². The molecule has 1 saturated carbocycles. The van der Waals surface area contributed by atoms with Crippen molar-refractivity contribution in [2.45, 2.75) is 84.5 Å². The Morgan fingerprint density at radius 3 is 1.90 bits per heavy atom. The quantitative estimate of drug-likeness (QED) is 0.285. The van der Waals surface area contributed by atoms with Crippen LogP contribution in [-0.4, -0.2) is 0 Å². The first kappa shape index (κ1) is 23.4. The third kappa shape index (κ3) is 8.41. The standard InChI is InChI=1S/C31H40/c1-3-5-6-7-9-27-12-16-29(17-13-27)19-21-31-24-22-30(23-25-31)20-18-28-14-10-26(8-4-2)11-15-28/h7,9,12-13,16-17,22-26,28H,3-6,8,10-11,14-15,18,20H2,1-2H3/b9-7+. The molecule has 0 saturated heterocycles. The summed E-state index contributed by atoms with van der Waals surface area (Å²) in [6, 6.07) is 17.5. The molecular weight excluding hydrogens is 372 g/mol. The minimum absolute atomic E-state index is 0.942. The van der Waals surface area contributed by atoms with Gasteiger partial charge in [-0.1, -0.05) is 113 Å². The van der Waals surface area contributed by atoms with Crippen molar-refractivity contribution >= 4 is 6.08 Å². The monoisotopic (exact) mass is 412 g/mol. The first-order chi connectivity index (χ1) is 15.3. The van der Waals surface area contributed by atoms with E-state index in [1.807, 2.05) is 0 Å². The van der Waals surface area contributed by atoms with Crippen LogP contribution in [0.5, 0.6) is 0 Å². The smallest absolute Gasteiger partial charge is 0.0249 e. The first-order valence-corrected chi connectivity index (χ1v) is 12.6. The molecule has 0 aliphatic heterocycles. The highest BCUT2D eigenvalue weighted by Crippen LogP contribution is 2.33. The average Bonchev–Trinajstić information content (AvgIpc) is 2.82. The van der Waals surface area contributed by atoms with Gasteiger partial charge >= 0.3 is 0 Å². The Balaban J connectivity index is 1.44. The van der Waals surface area contributed by atoms with Crippen LogP contribution >= 0.6 is 0 Å². The van der Waals surface area contributed by atoms with Crippen molar-refractivity contribution in [1.82, 2.24) is 0 Å². The van der Waals surface area contributed by atoms with Crippen molar-refractivity contribution < 1.29 is 0 Å². The predicted molar refractivity (Wildman–Crippen MR) is 136 cm³/mol. The fourth-order valence-corrected chi connectivity index (χ4v) is 4.71. The molecule has 0 atom stereocenters. The third-order valence-corrected chi connectivity index (χ3v) is 6.75. The molecule has 0 bridgehead atoms. The summed E-state index contributed by atoms with van der Waals surface area (Å²) in [4.78, 5) is 0. The van der Waals surface area contributed by atoms with Gasteiger partial charge in [0, 0.05) is 11.1 Å². The SMILES string of the molecule is CCCC/C=C/c1ccc(C#Cc2ccc(CCC3CCC(CCC)CC3)cc2)cc1. The Labute approximate surface area is 191 Å². The topological polar surface area (TPSA) is 0 Å². The van der Waals surface area contributed by atoms with Gasteiger partial charge in [-0.15, -0.1) is 0 Å². The number of unbranched alkanes of at least 4 members (excludes halogenated alkanes) is 2. The maximum atomic E-state index is 3.32. The molecule has 2 aromatic carbocycles. The van der Waals surface area contributed by atoms with Gasteiger partial charge in [0.05, 0.1) is 0 Å². The highest BCUT2D eigenvalue weighted by Gasteiger charge is 2.20. The van der Waals surface area contributed by atoms with Crippen molar-refractivity contribution in [1.29, 1.82) is 0 Å². The highest BCUT2D eigenvalue weighted by atomic mass is 14.3. The molecule has 0 nitrogen and oxygen atoms in total. The van der Waals surface area contributed by atoms with E-state index in [4.69, 9.17) is 0 Å². The molecule has 0 heteroatoms. The van der Waals surface area contributed by atoms with Gasteiger partial charge in [-0.05, 0) is 66.5 Å². The van der Waals surface area contributed by atoms with E-state index in [1.165, 1.54) is 75.3 Å². The minimum atomic E-state index is 0.942. The minimum Gasteiger partial charge on any atom is -0.0839 e. The average molecular weight is 413 g/mol. The van der Waals surface area contributed by atoms with E-state index in [-0.39, 0.29) is 0 Å². The van der Waals surface area contributed by atoms with Gasteiger partial charge in [0.15, 0.2) is 0 Å². The van der Waals surface area contributed by atoms with E-state index in [9.17, 15) is 0 Å². The zero-order valence-electron chi connectivity index (χ0n) is 19.7. The van der Waals surface area contributed by atoms with Gasteiger partial charge in [0.1, 0.15) is 0 Å². The second-order valence-electron chi connectivity index (χ2n) is 9.33. The van der Waals surface area contributed by atoms with Gasteiger partial charge in [-0.25, -0.2) is 0 Å². The summed E-state index contributed by atoms with van der Waals surface area (Å²) < 4.78 is 0. The second kappa shape index (κ2) is 13.2. The van der Waals surface area contributed by atoms with Gasteiger partial charge < -0.3 is 0 Å². The zero-order chi connectivity index (χ0) is 21.7. The summed E-state index contributed by atoms with van der Waals surface area (Å²) in [7, 11) is 0. The normalized spacial score (nSPS) is 18.6. The highest BCUT2D eigenvalue weighted by molar-refractivity contribution is 5.52. The van der Waals surface area contributed by atoms with Crippen molar-refractivity contribution in [3.05, 3.63) is 76.9 Å². The van der Waals surface area contributed by atoms with Crippen LogP contribution in [-0.2, 0) is 6.42 Å². The Kier molecular flexibility index (Phi) is 9.98. The van der Waals surface area contributed by atoms with Gasteiger partial charge in [-0.2, -0.15) is 0 Å². The molecular formula is C31H40. The van der Waals surface area contributed by atoms with Gasteiger partial charge in [-0.3, -0.25) is 0 Å². The van der Waals surface area contributed by atoms with Crippen molar-refractivity contribution in [2.75, 3.05) is 0 Å². The molecule has 0 aromatic heterocycles. The lowest BCUT2D eigenvalue weighted by molar-refractivity contribution is 0.252. The van der Waals surface area contributed by atoms with Crippen molar-refractivity contribution in [3.8, 4) is 11.8 Å². The molecule has 31 heavy (non-hydrogen) atoms. The van der Waals surface area contributed by atoms with Crippen molar-refractivity contribution in [3.63, 3.8) is 0 Å². The van der Waals surface area contributed by atoms with Crippen LogP contribution in [0.2, 0.25) is 0 Å². The fourth-order valence-electron chi connectivity index (χ4n) is 4.71. The van der Waals surface area contributed by atoms with E-state index < -0.39 is 0 Å². The van der Waals surface area contributed by atoms with E-state index in [2.05, 4.69) is 86.4 Å². The second-order valence-corrected chi connectivity index (χ2v) is 9.33. The Bertz CT molecular complexity index is 834. The van der Waals surface area contributed by atoms with Gasteiger partial charge in [0.25, 0.3) is 0 Å². The molecule has 1 aliphatic carbocycles. The van der Waals surface area contributed by atoms with Crippen LogP contribution in [0.3, 0.4) is 0 Å². The van der Waals surface area contributed by atoms with Gasteiger partial charge in [0.2, 0.25) is 0 Å². The molecule has 0 N–H and O–H groups in total. The number of rotatable bonds is 9. The molecule has 0 spiro atoms. The maximum absolute atomic E-state index is 3.32. The lowest BCUT2D eigenvalue weighted by Crippen LogP contribution is -2.15. The molecule has 1 aliphatic rings. The summed E-state index contributed by atoms with van der Waals surface area (Å²) in [6.07, 6.45) is 19.3. The molecule has 2 aromatic rings. The fraction of sp³-hybridized carbons (Fsp3) is 0.484. The number of hydrogen-bond acceptors (Lipinski definition) is 0. The molecule has 0 radical (unpaired) electrons. The number of benzene rings is 2. The Morgan fingerprint density at radius 2 is 1.32 bits per heavy atom. The number of hydrogen-bond donors (Lipinski definition) is 0. The van der Waals surface area contributed by atoms with E-state index in [0.29, 0.717) is 0 Å². The summed E-state index contributed by atoms with van der Waals surface area (Å²) in [5.74, 6) is 8.58. The Hall–Kier alpha value is -2.26. The molecule has 3 rings (SSSR count). The molecule has 1 fully saturated rings. The predicted octanol–water partition coefficient (Wildman–Crippen LogP) is 8.83. The maximum Gasteiger partial charge on any atom is 0.0249 e. The molecule has 0 unspecified atom stereocenters. The lowest BCUT2D eigenvalue weighted by atomic mass is 9.78. The lowest BCUT2D eigenvalue weighted by Gasteiger charge is -2.28. The van der Waals surface area contributed by atoms with Crippen LogP contribution in [0.1, 0.15) is 100 Å². The third-order valence-electron chi connectivity index (χ3n) is 6.75. The van der Waals surface area contributed by atoms with Crippen LogP contribution in [0.25, 0.3) is 6.08 Å². The molecule has 0 heterocycles. The van der Waals surface area contributed by atoms with E-state index in [1.54, 1.807) is 0 Å². The summed E-state index contributed by atoms with van der Waals surface area (Å²) in [5.41, 5.74) is 4.89. The number of allylic oxidation sites excluding steroid dienone is 1. The van der Waals surface area contributed by atoms with E-state index >= 15 is 0 Å². The number of aryl methyl sites for hydroxylation is 1. The summed E-state index contributed by atoms with van der Waals surface area (Å²) >= 11 is 0. The van der Waals surface area contributed by atoms with Crippen LogP contribution < -0.4 is 0 Å². The van der Waals surface area contributed by atoms with Crippen molar-refractivity contribution in [2.24, 2.45) is 11.8 Å². The molecule has 0 amide bonds. The largest absolute Gasteiger partial charge is 0.0839 e. The van der Waals surface area contributed by atoms with E-state index in [0.717, 1.165) is 29.4 Å². The summed E-state index contributed by atoms with van der Waals surface area (Å²) in [5, 5.41) is 0. The summed E-state index contributed by atoms with van der Waals surface area (Å²) in [6.45, 7) is 4.55. The van der Waals surface area contributed by atoms with Crippen LogP contribution in [0.4, 0.5) is 0 Å². The zero-order valence-corrected chi connectivity index (χ0v) is 19.7. The molecule has 164 valence electrons. The Morgan fingerprint density at radius 1 is 0.742 bits per heavy atom. The first-order valence-electron chi connectivity index (χ1n) is 12.6. The van der Waals surface area contributed by atoms with Crippen LogP contribution in [0, 0.1) is 23.7 Å².